The zero-order valence-corrected chi connectivity index (χ0v) is 10.5. The first-order valence-corrected chi connectivity index (χ1v) is 5.54. The Morgan fingerprint density at radius 2 is 2.31 bits per heavy atom. The minimum atomic E-state index is -0.447. The molecule has 0 fully saturated rings. The monoisotopic (exact) mass is 244 g/mol. The summed E-state index contributed by atoms with van der Waals surface area (Å²) in [6.45, 7) is 6.28. The molecule has 1 unspecified atom stereocenters. The van der Waals surface area contributed by atoms with Crippen molar-refractivity contribution in [3.8, 4) is 0 Å². The van der Waals surface area contributed by atoms with Gasteiger partial charge in [0.05, 0.1) is 17.4 Å². The van der Waals surface area contributed by atoms with Gasteiger partial charge >= 0.3 is 0 Å². The first-order chi connectivity index (χ1) is 7.40. The van der Waals surface area contributed by atoms with Crippen molar-refractivity contribution in [1.29, 1.82) is 0 Å². The van der Waals surface area contributed by atoms with Gasteiger partial charge in [0, 0.05) is 6.54 Å². The maximum atomic E-state index is 11.9. The molecule has 0 saturated carbocycles. The number of hydrogen-bond acceptors (Lipinski definition) is 3. The van der Waals surface area contributed by atoms with Gasteiger partial charge in [-0.2, -0.15) is 0 Å². The molecule has 0 bridgehead atoms. The third kappa shape index (κ3) is 2.57. The van der Waals surface area contributed by atoms with Crippen molar-refractivity contribution in [3.63, 3.8) is 0 Å². The number of amides is 1. The predicted octanol–water partition coefficient (Wildman–Crippen LogP) is 2.04. The Labute approximate surface area is 100 Å². The topological polar surface area (TPSA) is 68.3 Å². The average molecular weight is 245 g/mol. The highest BCUT2D eigenvalue weighted by molar-refractivity contribution is 6.32. The van der Waals surface area contributed by atoms with Crippen molar-refractivity contribution in [2.75, 3.05) is 6.54 Å². The molecular formula is C11H17ClN2O2. The Balaban J connectivity index is 2.82. The molecule has 4 nitrogen and oxygen atoms in total. The first kappa shape index (κ1) is 13.1. The number of nitrogens with two attached hydrogens (primary N) is 1. The van der Waals surface area contributed by atoms with Crippen LogP contribution in [-0.2, 0) is 0 Å². The highest BCUT2D eigenvalue weighted by Gasteiger charge is 2.29. The quantitative estimate of drug-likeness (QED) is 0.852. The highest BCUT2D eigenvalue weighted by atomic mass is 35.5. The van der Waals surface area contributed by atoms with Crippen molar-refractivity contribution in [2.24, 2.45) is 11.7 Å². The average Bonchev–Trinajstić information content (AvgIpc) is 2.64. The van der Waals surface area contributed by atoms with Crippen LogP contribution in [0.25, 0.3) is 0 Å². The lowest BCUT2D eigenvalue weighted by molar-refractivity contribution is 0.0883. The van der Waals surface area contributed by atoms with Crippen LogP contribution in [-0.4, -0.2) is 18.0 Å². The summed E-state index contributed by atoms with van der Waals surface area (Å²) >= 11 is 5.73. The fourth-order valence-electron chi connectivity index (χ4n) is 1.21. The number of carbonyl (C=O) groups is 1. The lowest BCUT2D eigenvalue weighted by atomic mass is 9.88. The summed E-state index contributed by atoms with van der Waals surface area (Å²) in [7, 11) is 0. The second kappa shape index (κ2) is 4.89. The minimum absolute atomic E-state index is 0.0978. The molecule has 0 aliphatic carbocycles. The number of carbonyl (C=O) groups excluding carboxylic acids is 1. The van der Waals surface area contributed by atoms with Gasteiger partial charge in [0.1, 0.15) is 0 Å². The SMILES string of the molecule is CC(C)C(C)(CN)NC(=O)c1ccoc1Cl. The molecule has 1 heterocycles. The van der Waals surface area contributed by atoms with Gasteiger partial charge in [-0.05, 0) is 30.5 Å². The van der Waals surface area contributed by atoms with E-state index in [2.05, 4.69) is 5.32 Å². The third-order valence-electron chi connectivity index (χ3n) is 2.96. The van der Waals surface area contributed by atoms with Crippen molar-refractivity contribution >= 4 is 17.5 Å². The van der Waals surface area contributed by atoms with E-state index in [0.29, 0.717) is 12.1 Å². The molecule has 0 aromatic carbocycles. The fourth-order valence-corrected chi connectivity index (χ4v) is 1.41. The van der Waals surface area contributed by atoms with Gasteiger partial charge < -0.3 is 15.5 Å². The standard InChI is InChI=1S/C11H17ClN2O2/c1-7(2)11(3,6-13)14-10(15)8-4-5-16-9(8)12/h4-5,7H,6,13H2,1-3H3,(H,14,15). The molecule has 1 rings (SSSR count). The molecule has 5 heteroatoms. The van der Waals surface area contributed by atoms with E-state index in [1.807, 2.05) is 20.8 Å². The zero-order valence-electron chi connectivity index (χ0n) is 9.71. The van der Waals surface area contributed by atoms with E-state index in [0.717, 1.165) is 0 Å². The second-order valence-electron chi connectivity index (χ2n) is 4.34. The molecule has 90 valence electrons. The minimum Gasteiger partial charge on any atom is -0.452 e. The molecule has 16 heavy (non-hydrogen) atoms. The number of nitrogens with one attached hydrogen (secondary N) is 1. The molecule has 1 aromatic heterocycles. The summed E-state index contributed by atoms with van der Waals surface area (Å²) in [5, 5.41) is 2.98. The molecular weight excluding hydrogens is 228 g/mol. The van der Waals surface area contributed by atoms with Gasteiger partial charge in [-0.1, -0.05) is 13.8 Å². The van der Waals surface area contributed by atoms with Crippen molar-refractivity contribution < 1.29 is 9.21 Å². The second-order valence-corrected chi connectivity index (χ2v) is 4.68. The lowest BCUT2D eigenvalue weighted by Crippen LogP contribution is -2.55. The van der Waals surface area contributed by atoms with Gasteiger partial charge in [-0.15, -0.1) is 0 Å². The van der Waals surface area contributed by atoms with Crippen molar-refractivity contribution in [3.05, 3.63) is 23.1 Å². The summed E-state index contributed by atoms with van der Waals surface area (Å²) in [6.07, 6.45) is 1.38. The van der Waals surface area contributed by atoms with E-state index < -0.39 is 5.54 Å². The van der Waals surface area contributed by atoms with E-state index in [1.165, 1.54) is 12.3 Å². The zero-order chi connectivity index (χ0) is 12.3. The van der Waals surface area contributed by atoms with Crippen LogP contribution in [0.2, 0.25) is 5.22 Å². The Morgan fingerprint density at radius 3 is 2.69 bits per heavy atom. The van der Waals surface area contributed by atoms with Crippen LogP contribution in [0.1, 0.15) is 31.1 Å². The summed E-state index contributed by atoms with van der Waals surface area (Å²) in [6, 6.07) is 1.54. The van der Waals surface area contributed by atoms with E-state index in [1.54, 1.807) is 0 Å². The number of halogens is 1. The molecule has 1 amide bonds. The number of furan rings is 1. The molecule has 1 atom stereocenters. The Kier molecular flexibility index (Phi) is 3.99. The lowest BCUT2D eigenvalue weighted by Gasteiger charge is -2.33. The van der Waals surface area contributed by atoms with E-state index in [4.69, 9.17) is 21.8 Å². The maximum Gasteiger partial charge on any atom is 0.256 e. The molecule has 0 spiro atoms. The predicted molar refractivity (Wildman–Crippen MR) is 63.5 cm³/mol. The van der Waals surface area contributed by atoms with Crippen molar-refractivity contribution in [1.82, 2.24) is 5.32 Å². The number of hydrogen-bond donors (Lipinski definition) is 2. The Morgan fingerprint density at radius 1 is 1.69 bits per heavy atom. The fraction of sp³-hybridized carbons (Fsp3) is 0.545. The van der Waals surface area contributed by atoms with Crippen LogP contribution >= 0.6 is 11.6 Å². The van der Waals surface area contributed by atoms with E-state index >= 15 is 0 Å². The van der Waals surface area contributed by atoms with Crippen LogP contribution in [0.3, 0.4) is 0 Å². The van der Waals surface area contributed by atoms with Gasteiger partial charge in [0.15, 0.2) is 0 Å². The van der Waals surface area contributed by atoms with Crippen LogP contribution in [0.5, 0.6) is 0 Å². The molecule has 0 saturated heterocycles. The number of rotatable bonds is 4. The summed E-state index contributed by atoms with van der Waals surface area (Å²) in [5.41, 5.74) is 5.56. The smallest absolute Gasteiger partial charge is 0.256 e. The van der Waals surface area contributed by atoms with Gasteiger partial charge in [0.2, 0.25) is 5.22 Å². The van der Waals surface area contributed by atoms with E-state index in [9.17, 15) is 4.79 Å². The molecule has 0 aliphatic rings. The molecule has 3 N–H and O–H groups in total. The van der Waals surface area contributed by atoms with E-state index in [-0.39, 0.29) is 17.0 Å². The largest absolute Gasteiger partial charge is 0.452 e. The molecule has 0 radical (unpaired) electrons. The van der Waals surface area contributed by atoms with Crippen molar-refractivity contribution in [2.45, 2.75) is 26.3 Å². The molecule has 0 aliphatic heterocycles. The van der Waals surface area contributed by atoms with Crippen LogP contribution in [0, 0.1) is 5.92 Å². The summed E-state index contributed by atoms with van der Waals surface area (Å²) < 4.78 is 4.87. The van der Waals surface area contributed by atoms with Crippen LogP contribution in [0.15, 0.2) is 16.7 Å². The van der Waals surface area contributed by atoms with Crippen LogP contribution < -0.4 is 11.1 Å². The summed E-state index contributed by atoms with van der Waals surface area (Å²) in [5.74, 6) is -0.0347. The first-order valence-electron chi connectivity index (χ1n) is 5.16. The Hall–Kier alpha value is -1.00. The summed E-state index contributed by atoms with van der Waals surface area (Å²) in [4.78, 5) is 11.9. The van der Waals surface area contributed by atoms with Gasteiger partial charge in [0.25, 0.3) is 5.91 Å². The third-order valence-corrected chi connectivity index (χ3v) is 3.25. The van der Waals surface area contributed by atoms with Gasteiger partial charge in [-0.25, -0.2) is 0 Å². The van der Waals surface area contributed by atoms with Crippen LogP contribution in [0.4, 0.5) is 0 Å². The highest BCUT2D eigenvalue weighted by Crippen LogP contribution is 2.20. The van der Waals surface area contributed by atoms with Gasteiger partial charge in [-0.3, -0.25) is 4.79 Å². The Bertz CT molecular complexity index is 376. The normalized spacial score (nSPS) is 14.9. The maximum absolute atomic E-state index is 11.9. The molecule has 1 aromatic rings.